The average Bonchev–Trinajstić information content (AvgIpc) is 2.87. The van der Waals surface area contributed by atoms with Crippen LogP contribution in [0.25, 0.3) is 11.3 Å². The summed E-state index contributed by atoms with van der Waals surface area (Å²) in [5.74, 6) is 1.62. The Morgan fingerprint density at radius 3 is 3.00 bits per heavy atom. The van der Waals surface area contributed by atoms with Crippen LogP contribution in [-0.4, -0.2) is 16.7 Å². The van der Waals surface area contributed by atoms with Crippen molar-refractivity contribution in [3.05, 3.63) is 33.8 Å². The number of hydrogen-bond donors (Lipinski definition) is 2. The Morgan fingerprint density at radius 2 is 2.22 bits per heavy atom. The van der Waals surface area contributed by atoms with Crippen molar-refractivity contribution >= 4 is 21.7 Å². The molecule has 0 saturated heterocycles. The lowest BCUT2D eigenvalue weighted by atomic mass is 10.1. The van der Waals surface area contributed by atoms with E-state index < -0.39 is 0 Å². The number of fused-ring (bicyclic) bond motifs is 3. The Morgan fingerprint density at radius 1 is 1.39 bits per heavy atom. The highest BCUT2D eigenvalue weighted by atomic mass is 79.9. The van der Waals surface area contributed by atoms with Gasteiger partial charge in [-0.2, -0.15) is 5.10 Å². The summed E-state index contributed by atoms with van der Waals surface area (Å²) in [5.41, 5.74) is 5.08. The molecule has 2 aromatic rings. The van der Waals surface area contributed by atoms with Crippen LogP contribution in [0.1, 0.15) is 25.0 Å². The first-order valence-corrected chi connectivity index (χ1v) is 7.05. The monoisotopic (exact) mass is 305 g/mol. The Kier molecular flexibility index (Phi) is 2.90. The summed E-state index contributed by atoms with van der Waals surface area (Å²) in [7, 11) is 0. The number of benzene rings is 1. The number of nitrogens with zero attached hydrogens (tertiary/aromatic N) is 1. The molecule has 0 unspecified atom stereocenters. The Bertz CT molecular complexity index is 587. The number of hydrogen-bond acceptors (Lipinski definition) is 2. The molecule has 1 heterocycles. The molecule has 1 aromatic heterocycles. The second-order valence-corrected chi connectivity index (χ2v) is 6.00. The van der Waals surface area contributed by atoms with Crippen molar-refractivity contribution in [2.24, 2.45) is 5.92 Å². The van der Waals surface area contributed by atoms with Crippen LogP contribution >= 0.6 is 15.9 Å². The van der Waals surface area contributed by atoms with Crippen LogP contribution in [0.3, 0.4) is 0 Å². The maximum atomic E-state index is 4.39. The second kappa shape index (κ2) is 4.43. The van der Waals surface area contributed by atoms with Gasteiger partial charge in [-0.3, -0.25) is 5.10 Å². The standard InChI is InChI=1S/C14H16BrN3/c1-8(2)7-16-14-11-6-10-9(13(11)17-18-14)4-3-5-12(10)15/h3-5,8H,6-7H2,1-2H3,(H2,16,17,18). The molecule has 0 saturated carbocycles. The minimum absolute atomic E-state index is 0.618. The van der Waals surface area contributed by atoms with Gasteiger partial charge in [-0.1, -0.05) is 41.9 Å². The largest absolute Gasteiger partial charge is 0.368 e. The van der Waals surface area contributed by atoms with Gasteiger partial charge in [0.15, 0.2) is 5.82 Å². The molecular formula is C14H16BrN3. The molecule has 0 amide bonds. The van der Waals surface area contributed by atoms with E-state index in [-0.39, 0.29) is 0 Å². The molecule has 1 aromatic carbocycles. The van der Waals surface area contributed by atoms with E-state index in [4.69, 9.17) is 0 Å². The predicted molar refractivity (Wildman–Crippen MR) is 77.9 cm³/mol. The molecule has 3 rings (SSSR count). The van der Waals surface area contributed by atoms with Crippen LogP contribution in [0.5, 0.6) is 0 Å². The molecule has 3 nitrogen and oxygen atoms in total. The van der Waals surface area contributed by atoms with Crippen molar-refractivity contribution in [3.63, 3.8) is 0 Å². The van der Waals surface area contributed by atoms with E-state index in [1.54, 1.807) is 0 Å². The summed E-state index contributed by atoms with van der Waals surface area (Å²) >= 11 is 3.62. The number of aromatic amines is 1. The SMILES string of the molecule is CC(C)CNc1n[nH]c2c1Cc1c(Br)cccc1-2. The Hall–Kier alpha value is -1.29. The maximum absolute atomic E-state index is 4.39. The van der Waals surface area contributed by atoms with Gasteiger partial charge in [0.05, 0.1) is 5.69 Å². The van der Waals surface area contributed by atoms with E-state index in [9.17, 15) is 0 Å². The third kappa shape index (κ3) is 1.85. The fraction of sp³-hybridized carbons (Fsp3) is 0.357. The van der Waals surface area contributed by atoms with Gasteiger partial charge < -0.3 is 5.32 Å². The summed E-state index contributed by atoms with van der Waals surface area (Å²) < 4.78 is 1.18. The molecule has 0 bridgehead atoms. The van der Waals surface area contributed by atoms with Gasteiger partial charge in [0.2, 0.25) is 0 Å². The van der Waals surface area contributed by atoms with Crippen LogP contribution in [0.2, 0.25) is 0 Å². The predicted octanol–water partition coefficient (Wildman–Crippen LogP) is 3.81. The summed E-state index contributed by atoms with van der Waals surface area (Å²) in [6, 6.07) is 6.32. The Balaban J connectivity index is 1.95. The molecule has 18 heavy (non-hydrogen) atoms. The number of halogens is 1. The highest BCUT2D eigenvalue weighted by Gasteiger charge is 2.25. The normalized spacial score (nSPS) is 12.7. The van der Waals surface area contributed by atoms with E-state index >= 15 is 0 Å². The third-order valence-corrected chi connectivity index (χ3v) is 4.03. The summed E-state index contributed by atoms with van der Waals surface area (Å²) in [4.78, 5) is 0. The van der Waals surface area contributed by atoms with E-state index in [1.807, 2.05) is 0 Å². The van der Waals surface area contributed by atoms with Gasteiger partial charge in [0.25, 0.3) is 0 Å². The average molecular weight is 306 g/mol. The van der Waals surface area contributed by atoms with Crippen molar-refractivity contribution in [3.8, 4) is 11.3 Å². The zero-order valence-corrected chi connectivity index (χ0v) is 12.1. The molecule has 0 aliphatic heterocycles. The number of H-pyrrole nitrogens is 1. The van der Waals surface area contributed by atoms with Crippen molar-refractivity contribution in [1.82, 2.24) is 10.2 Å². The smallest absolute Gasteiger partial charge is 0.151 e. The lowest BCUT2D eigenvalue weighted by Crippen LogP contribution is -2.09. The van der Waals surface area contributed by atoms with Crippen LogP contribution < -0.4 is 5.32 Å². The summed E-state index contributed by atoms with van der Waals surface area (Å²) in [6.07, 6.45) is 0.947. The molecule has 0 atom stereocenters. The molecule has 0 spiro atoms. The molecule has 0 fully saturated rings. The fourth-order valence-corrected chi connectivity index (χ4v) is 2.86. The van der Waals surface area contributed by atoms with E-state index in [0.29, 0.717) is 5.92 Å². The first-order valence-electron chi connectivity index (χ1n) is 6.25. The van der Waals surface area contributed by atoms with Crippen LogP contribution in [-0.2, 0) is 6.42 Å². The minimum atomic E-state index is 0.618. The fourth-order valence-electron chi connectivity index (χ4n) is 2.36. The van der Waals surface area contributed by atoms with E-state index in [0.717, 1.165) is 24.5 Å². The van der Waals surface area contributed by atoms with Crippen LogP contribution in [0.4, 0.5) is 5.82 Å². The van der Waals surface area contributed by atoms with Crippen molar-refractivity contribution in [1.29, 1.82) is 0 Å². The molecule has 1 aliphatic rings. The zero-order valence-electron chi connectivity index (χ0n) is 10.5. The number of nitrogens with one attached hydrogen (secondary N) is 2. The first-order chi connectivity index (χ1) is 8.66. The quantitative estimate of drug-likeness (QED) is 0.772. The summed E-state index contributed by atoms with van der Waals surface area (Å²) in [5, 5.41) is 11.0. The van der Waals surface area contributed by atoms with Crippen LogP contribution in [0.15, 0.2) is 22.7 Å². The maximum Gasteiger partial charge on any atom is 0.151 e. The topological polar surface area (TPSA) is 40.7 Å². The molecule has 94 valence electrons. The van der Waals surface area contributed by atoms with Gasteiger partial charge >= 0.3 is 0 Å². The molecular weight excluding hydrogens is 290 g/mol. The van der Waals surface area contributed by atoms with Gasteiger partial charge in [-0.15, -0.1) is 0 Å². The molecule has 2 N–H and O–H groups in total. The lowest BCUT2D eigenvalue weighted by molar-refractivity contribution is 0.686. The second-order valence-electron chi connectivity index (χ2n) is 5.14. The number of rotatable bonds is 3. The van der Waals surface area contributed by atoms with Gasteiger partial charge in [0.1, 0.15) is 0 Å². The lowest BCUT2D eigenvalue weighted by Gasteiger charge is -2.07. The summed E-state index contributed by atoms with van der Waals surface area (Å²) in [6.45, 7) is 5.35. The highest BCUT2D eigenvalue weighted by molar-refractivity contribution is 9.10. The van der Waals surface area contributed by atoms with Gasteiger partial charge in [-0.25, -0.2) is 0 Å². The molecule has 1 aliphatic carbocycles. The molecule has 0 radical (unpaired) electrons. The van der Waals surface area contributed by atoms with E-state index in [2.05, 4.69) is 63.5 Å². The van der Waals surface area contributed by atoms with Crippen LogP contribution in [0, 0.1) is 5.92 Å². The minimum Gasteiger partial charge on any atom is -0.368 e. The van der Waals surface area contributed by atoms with Crippen molar-refractivity contribution in [2.45, 2.75) is 20.3 Å². The number of anilines is 1. The first kappa shape index (κ1) is 11.8. The number of aromatic nitrogens is 2. The molecule has 4 heteroatoms. The van der Waals surface area contributed by atoms with E-state index in [1.165, 1.54) is 21.2 Å². The zero-order chi connectivity index (χ0) is 12.7. The van der Waals surface area contributed by atoms with Gasteiger partial charge in [0, 0.05) is 28.6 Å². The third-order valence-electron chi connectivity index (χ3n) is 3.29. The Labute approximate surface area is 115 Å². The van der Waals surface area contributed by atoms with Gasteiger partial charge in [-0.05, 0) is 17.5 Å². The van der Waals surface area contributed by atoms with Crippen molar-refractivity contribution in [2.75, 3.05) is 11.9 Å². The highest BCUT2D eigenvalue weighted by Crippen LogP contribution is 2.41. The van der Waals surface area contributed by atoms with Crippen molar-refractivity contribution < 1.29 is 0 Å².